The first-order valence-electron chi connectivity index (χ1n) is 6.87. The minimum absolute atomic E-state index is 0.130. The van der Waals surface area contributed by atoms with Crippen LogP contribution in [0.25, 0.3) is 0 Å². The van der Waals surface area contributed by atoms with E-state index < -0.39 is 11.8 Å². The van der Waals surface area contributed by atoms with Crippen LogP contribution in [0, 0.1) is 0 Å². The smallest absolute Gasteiger partial charge is 0.265 e. The van der Waals surface area contributed by atoms with E-state index >= 15 is 0 Å². The van der Waals surface area contributed by atoms with Crippen molar-refractivity contribution < 1.29 is 14.4 Å². The Hall–Kier alpha value is -3.06. The van der Waals surface area contributed by atoms with Gasteiger partial charge >= 0.3 is 0 Å². The Balaban J connectivity index is 1.85. The lowest BCUT2D eigenvalue weighted by Gasteiger charge is -2.05. The number of hydrogen-bond donors (Lipinski definition) is 3. The summed E-state index contributed by atoms with van der Waals surface area (Å²) < 4.78 is 0. The van der Waals surface area contributed by atoms with Gasteiger partial charge < -0.3 is 21.6 Å². The van der Waals surface area contributed by atoms with Gasteiger partial charge in [0.25, 0.3) is 5.91 Å². The number of amides is 2. The van der Waals surface area contributed by atoms with Gasteiger partial charge in [-0.15, -0.1) is 0 Å². The monoisotopic (exact) mass is 346 g/mol. The maximum atomic E-state index is 11.7. The predicted molar refractivity (Wildman–Crippen MR) is 91.7 cm³/mol. The first kappa shape index (κ1) is 17.3. The van der Waals surface area contributed by atoms with Crippen LogP contribution in [0.4, 0.5) is 5.69 Å². The Labute approximate surface area is 143 Å². The molecule has 0 radical (unpaired) electrons. The lowest BCUT2D eigenvalue weighted by molar-refractivity contribution is -0.120. The minimum atomic E-state index is -0.539. The van der Waals surface area contributed by atoms with E-state index in [-0.39, 0.29) is 12.4 Å². The van der Waals surface area contributed by atoms with Gasteiger partial charge in [0.2, 0.25) is 5.91 Å². The summed E-state index contributed by atoms with van der Waals surface area (Å²) in [5.41, 5.74) is 12.4. The molecule has 0 aliphatic heterocycles. The number of nitrogens with zero attached hydrogens (tertiary/aromatic N) is 1. The number of amidine groups is 1. The second-order valence-electron chi connectivity index (χ2n) is 4.75. The van der Waals surface area contributed by atoms with E-state index in [4.69, 9.17) is 27.9 Å². The van der Waals surface area contributed by atoms with Crippen molar-refractivity contribution >= 4 is 34.9 Å². The number of halogens is 1. The Kier molecular flexibility index (Phi) is 5.75. The molecule has 0 heterocycles. The Morgan fingerprint density at radius 2 is 1.58 bits per heavy atom. The van der Waals surface area contributed by atoms with Gasteiger partial charge in [-0.05, 0) is 48.5 Å². The second-order valence-corrected chi connectivity index (χ2v) is 5.18. The van der Waals surface area contributed by atoms with Crippen molar-refractivity contribution in [1.29, 1.82) is 0 Å². The van der Waals surface area contributed by atoms with E-state index in [1.54, 1.807) is 36.4 Å². The van der Waals surface area contributed by atoms with Crippen molar-refractivity contribution in [1.82, 2.24) is 0 Å². The fourth-order valence-electron chi connectivity index (χ4n) is 1.75. The highest BCUT2D eigenvalue weighted by Gasteiger charge is 2.05. The fourth-order valence-corrected chi connectivity index (χ4v) is 1.87. The minimum Gasteiger partial charge on any atom is -0.384 e. The molecule has 0 saturated carbocycles. The Morgan fingerprint density at radius 1 is 1.00 bits per heavy atom. The largest absolute Gasteiger partial charge is 0.384 e. The highest BCUT2D eigenvalue weighted by atomic mass is 35.5. The van der Waals surface area contributed by atoms with E-state index in [1.807, 2.05) is 0 Å². The molecule has 5 N–H and O–H groups in total. The van der Waals surface area contributed by atoms with Crippen LogP contribution in [-0.4, -0.2) is 24.3 Å². The number of primary amides is 1. The average molecular weight is 347 g/mol. The third-order valence-corrected chi connectivity index (χ3v) is 3.20. The van der Waals surface area contributed by atoms with Crippen LogP contribution in [0.15, 0.2) is 53.7 Å². The van der Waals surface area contributed by atoms with Crippen molar-refractivity contribution in [2.75, 3.05) is 11.9 Å². The van der Waals surface area contributed by atoms with Crippen LogP contribution >= 0.6 is 11.6 Å². The number of carbonyl (C=O) groups excluding carboxylic acids is 2. The standard InChI is InChI=1S/C16H15ClN4O3/c17-12-5-1-10(2-6-12)15(18)21-24-9-14(22)20-13-7-3-11(4-8-13)16(19)23/h1-8H,9H2,(H2,18,21)(H2,19,23)(H,20,22). The van der Waals surface area contributed by atoms with Crippen LogP contribution in [0.2, 0.25) is 5.02 Å². The van der Waals surface area contributed by atoms with E-state index in [1.165, 1.54) is 12.1 Å². The van der Waals surface area contributed by atoms with Crippen molar-refractivity contribution in [3.05, 3.63) is 64.7 Å². The number of hydrogen-bond acceptors (Lipinski definition) is 4. The number of oxime groups is 1. The van der Waals surface area contributed by atoms with Crippen LogP contribution in [0.3, 0.4) is 0 Å². The van der Waals surface area contributed by atoms with Crippen LogP contribution in [0.1, 0.15) is 15.9 Å². The van der Waals surface area contributed by atoms with Crippen molar-refractivity contribution in [3.63, 3.8) is 0 Å². The molecule has 0 aromatic heterocycles. The highest BCUT2D eigenvalue weighted by Crippen LogP contribution is 2.10. The maximum Gasteiger partial charge on any atom is 0.265 e. The number of rotatable bonds is 6. The van der Waals surface area contributed by atoms with E-state index in [0.29, 0.717) is 21.8 Å². The quantitative estimate of drug-likeness (QED) is 0.419. The van der Waals surface area contributed by atoms with Gasteiger partial charge in [0, 0.05) is 21.8 Å². The van der Waals surface area contributed by atoms with Crippen LogP contribution in [0.5, 0.6) is 0 Å². The zero-order valence-corrected chi connectivity index (χ0v) is 13.3. The maximum absolute atomic E-state index is 11.7. The van der Waals surface area contributed by atoms with E-state index in [2.05, 4.69) is 10.5 Å². The SMILES string of the molecule is NC(=O)c1ccc(NC(=O)CO/N=C(\N)c2ccc(Cl)cc2)cc1. The molecule has 0 aliphatic rings. The van der Waals surface area contributed by atoms with Gasteiger partial charge in [-0.2, -0.15) is 0 Å². The average Bonchev–Trinajstić information content (AvgIpc) is 2.55. The van der Waals surface area contributed by atoms with Gasteiger partial charge in [0.1, 0.15) is 0 Å². The summed E-state index contributed by atoms with van der Waals surface area (Å²) >= 11 is 5.78. The number of carbonyl (C=O) groups is 2. The fraction of sp³-hybridized carbons (Fsp3) is 0.0625. The van der Waals surface area contributed by atoms with Crippen LogP contribution in [-0.2, 0) is 9.63 Å². The third kappa shape index (κ3) is 4.99. The molecule has 2 amide bonds. The zero-order valence-electron chi connectivity index (χ0n) is 12.5. The van der Waals surface area contributed by atoms with Gasteiger partial charge in [-0.25, -0.2) is 0 Å². The Bertz CT molecular complexity index is 758. The van der Waals surface area contributed by atoms with Crippen molar-refractivity contribution in [3.8, 4) is 0 Å². The molecule has 8 heteroatoms. The summed E-state index contributed by atoms with van der Waals surface area (Å²) in [4.78, 5) is 27.6. The third-order valence-electron chi connectivity index (χ3n) is 2.95. The predicted octanol–water partition coefficient (Wildman–Crippen LogP) is 1.71. The van der Waals surface area contributed by atoms with E-state index in [9.17, 15) is 9.59 Å². The molecular weight excluding hydrogens is 332 g/mol. The van der Waals surface area contributed by atoms with Gasteiger partial charge in [0.15, 0.2) is 12.4 Å². The molecule has 0 fully saturated rings. The highest BCUT2D eigenvalue weighted by molar-refractivity contribution is 6.30. The summed E-state index contributed by atoms with van der Waals surface area (Å²) in [6.07, 6.45) is 0. The van der Waals surface area contributed by atoms with Gasteiger partial charge in [-0.1, -0.05) is 16.8 Å². The first-order chi connectivity index (χ1) is 11.5. The summed E-state index contributed by atoms with van der Waals surface area (Å²) in [5, 5.41) is 6.84. The number of nitrogens with two attached hydrogens (primary N) is 2. The number of benzene rings is 2. The first-order valence-corrected chi connectivity index (χ1v) is 7.24. The molecular formula is C16H15ClN4O3. The summed E-state index contributed by atoms with van der Waals surface area (Å²) in [5.74, 6) is -0.831. The molecule has 0 bridgehead atoms. The van der Waals surface area contributed by atoms with E-state index in [0.717, 1.165) is 0 Å². The summed E-state index contributed by atoms with van der Waals surface area (Å²) in [7, 11) is 0. The number of nitrogens with one attached hydrogen (secondary N) is 1. The molecule has 2 aromatic carbocycles. The molecule has 0 saturated heterocycles. The summed E-state index contributed by atoms with van der Waals surface area (Å²) in [6, 6.07) is 12.8. The van der Waals surface area contributed by atoms with Gasteiger partial charge in [-0.3, -0.25) is 9.59 Å². The zero-order chi connectivity index (χ0) is 17.5. The van der Waals surface area contributed by atoms with Crippen molar-refractivity contribution in [2.24, 2.45) is 16.6 Å². The Morgan fingerprint density at radius 3 is 2.17 bits per heavy atom. The molecule has 124 valence electrons. The molecule has 2 aromatic rings. The summed E-state index contributed by atoms with van der Waals surface area (Å²) in [6.45, 7) is -0.314. The second kappa shape index (κ2) is 7.98. The topological polar surface area (TPSA) is 120 Å². The lowest BCUT2D eigenvalue weighted by atomic mass is 10.2. The normalized spacial score (nSPS) is 11.0. The van der Waals surface area contributed by atoms with Crippen molar-refractivity contribution in [2.45, 2.75) is 0 Å². The van der Waals surface area contributed by atoms with Crippen LogP contribution < -0.4 is 16.8 Å². The molecule has 2 rings (SSSR count). The van der Waals surface area contributed by atoms with Gasteiger partial charge in [0.05, 0.1) is 0 Å². The molecule has 0 aliphatic carbocycles. The molecule has 24 heavy (non-hydrogen) atoms. The lowest BCUT2D eigenvalue weighted by Crippen LogP contribution is -2.19. The number of anilines is 1. The molecule has 0 spiro atoms. The molecule has 0 atom stereocenters. The molecule has 0 unspecified atom stereocenters. The molecule has 7 nitrogen and oxygen atoms in total.